The number of amidine groups is 1. The number of hydrogen-bond acceptors (Lipinski definition) is 1. The fraction of sp³-hybridized carbons (Fsp3) is 0.389. The molecule has 0 spiro atoms. The van der Waals surface area contributed by atoms with Crippen molar-refractivity contribution in [2.45, 2.75) is 34.1 Å². The first-order chi connectivity index (χ1) is 9.44. The second kappa shape index (κ2) is 10.0. The molecule has 0 saturated heterocycles. The maximum Gasteiger partial charge on any atom is 0.123 e. The lowest BCUT2D eigenvalue weighted by Gasteiger charge is -2.16. The molecule has 110 valence electrons. The van der Waals surface area contributed by atoms with Crippen LogP contribution in [0.5, 0.6) is 0 Å². The summed E-state index contributed by atoms with van der Waals surface area (Å²) < 4.78 is 0. The van der Waals surface area contributed by atoms with Crippen LogP contribution in [0.25, 0.3) is 0 Å². The Balaban J connectivity index is 4.73. The van der Waals surface area contributed by atoms with Crippen LogP contribution in [0.2, 0.25) is 0 Å². The van der Waals surface area contributed by atoms with Crippen molar-refractivity contribution < 1.29 is 0 Å². The SMILES string of the molecule is C=C\C=C(C)/N=C(N)/C=C\C(=C/C)CC(C)C(C)C=C. The minimum absolute atomic E-state index is 0.502. The van der Waals surface area contributed by atoms with Crippen molar-refractivity contribution in [3.8, 4) is 0 Å². The Hall–Kier alpha value is -1.83. The second-order valence-electron chi connectivity index (χ2n) is 5.05. The third-order valence-electron chi connectivity index (χ3n) is 3.33. The molecule has 0 aliphatic rings. The van der Waals surface area contributed by atoms with E-state index < -0.39 is 0 Å². The predicted molar refractivity (Wildman–Crippen MR) is 91.6 cm³/mol. The summed E-state index contributed by atoms with van der Waals surface area (Å²) >= 11 is 0. The zero-order valence-electron chi connectivity index (χ0n) is 13.3. The van der Waals surface area contributed by atoms with Crippen LogP contribution in [0.1, 0.15) is 34.1 Å². The smallest absolute Gasteiger partial charge is 0.123 e. The van der Waals surface area contributed by atoms with Gasteiger partial charge in [-0.2, -0.15) is 0 Å². The summed E-state index contributed by atoms with van der Waals surface area (Å²) in [7, 11) is 0. The van der Waals surface area contributed by atoms with Crippen molar-refractivity contribution in [1.82, 2.24) is 0 Å². The van der Waals surface area contributed by atoms with Gasteiger partial charge in [0.1, 0.15) is 5.84 Å². The molecular weight excluding hydrogens is 244 g/mol. The highest BCUT2D eigenvalue weighted by Gasteiger charge is 2.09. The van der Waals surface area contributed by atoms with Crippen LogP contribution in [0.15, 0.2) is 65.9 Å². The predicted octanol–water partition coefficient (Wildman–Crippen LogP) is 4.78. The molecule has 0 heterocycles. The average molecular weight is 272 g/mol. The van der Waals surface area contributed by atoms with Gasteiger partial charge in [0.15, 0.2) is 0 Å². The van der Waals surface area contributed by atoms with E-state index in [1.807, 2.05) is 38.2 Å². The Morgan fingerprint density at radius 1 is 1.25 bits per heavy atom. The zero-order valence-corrected chi connectivity index (χ0v) is 13.3. The van der Waals surface area contributed by atoms with Gasteiger partial charge in [0.25, 0.3) is 0 Å². The van der Waals surface area contributed by atoms with Gasteiger partial charge in [0.2, 0.25) is 0 Å². The molecule has 0 aromatic heterocycles. The molecule has 0 radical (unpaired) electrons. The first-order valence-corrected chi connectivity index (χ1v) is 7.03. The minimum Gasteiger partial charge on any atom is -0.384 e. The Kier molecular flexibility index (Phi) is 9.10. The number of hydrogen-bond donors (Lipinski definition) is 1. The van der Waals surface area contributed by atoms with Crippen molar-refractivity contribution in [1.29, 1.82) is 0 Å². The van der Waals surface area contributed by atoms with Crippen LogP contribution in [0, 0.1) is 11.8 Å². The highest BCUT2D eigenvalue weighted by atomic mass is 14.8. The van der Waals surface area contributed by atoms with Crippen LogP contribution in [-0.4, -0.2) is 5.84 Å². The lowest BCUT2D eigenvalue weighted by molar-refractivity contribution is 0.460. The topological polar surface area (TPSA) is 38.4 Å². The van der Waals surface area contributed by atoms with E-state index in [1.54, 1.807) is 6.08 Å². The quantitative estimate of drug-likeness (QED) is 0.293. The standard InChI is InChI=1S/C18H28N2/c1-7-10-16(6)20-18(19)12-11-17(9-3)13-15(5)14(4)8-2/h7-12,14-15H,1-2,13H2,3-6H3,(H2,19,20)/b12-11-,16-10-,17-9+. The highest BCUT2D eigenvalue weighted by molar-refractivity contribution is 5.92. The van der Waals surface area contributed by atoms with E-state index in [1.165, 1.54) is 5.57 Å². The molecule has 0 aromatic carbocycles. The molecule has 2 N–H and O–H groups in total. The first-order valence-electron chi connectivity index (χ1n) is 7.03. The Bertz CT molecular complexity index is 436. The van der Waals surface area contributed by atoms with Crippen LogP contribution < -0.4 is 5.73 Å². The van der Waals surface area contributed by atoms with Gasteiger partial charge < -0.3 is 5.73 Å². The van der Waals surface area contributed by atoms with E-state index in [4.69, 9.17) is 5.73 Å². The van der Waals surface area contributed by atoms with Gasteiger partial charge in [-0.3, -0.25) is 0 Å². The van der Waals surface area contributed by atoms with E-state index in [-0.39, 0.29) is 0 Å². The van der Waals surface area contributed by atoms with Crippen LogP contribution in [0.3, 0.4) is 0 Å². The van der Waals surface area contributed by atoms with Crippen molar-refractivity contribution >= 4 is 5.84 Å². The summed E-state index contributed by atoms with van der Waals surface area (Å²) in [4.78, 5) is 4.26. The van der Waals surface area contributed by atoms with Gasteiger partial charge in [-0.1, -0.05) is 50.3 Å². The molecule has 0 saturated carbocycles. The Morgan fingerprint density at radius 3 is 2.40 bits per heavy atom. The van der Waals surface area contributed by atoms with E-state index in [9.17, 15) is 0 Å². The highest BCUT2D eigenvalue weighted by Crippen LogP contribution is 2.21. The largest absolute Gasteiger partial charge is 0.384 e. The van der Waals surface area contributed by atoms with E-state index in [0.717, 1.165) is 12.1 Å². The molecule has 2 nitrogen and oxygen atoms in total. The Labute approximate surface area is 124 Å². The summed E-state index contributed by atoms with van der Waals surface area (Å²) in [5.74, 6) is 1.57. The van der Waals surface area contributed by atoms with E-state index >= 15 is 0 Å². The molecule has 2 heteroatoms. The van der Waals surface area contributed by atoms with Gasteiger partial charge in [-0.15, -0.1) is 6.58 Å². The maximum absolute atomic E-state index is 5.87. The molecule has 0 aromatic rings. The number of aliphatic imine (C=N–C) groups is 1. The van der Waals surface area contributed by atoms with E-state index in [0.29, 0.717) is 17.7 Å². The lowest BCUT2D eigenvalue weighted by Crippen LogP contribution is -2.09. The average Bonchev–Trinajstić information content (AvgIpc) is 2.42. The van der Waals surface area contributed by atoms with Crippen LogP contribution >= 0.6 is 0 Å². The third-order valence-corrected chi connectivity index (χ3v) is 3.33. The summed E-state index contributed by atoms with van der Waals surface area (Å²) in [6.45, 7) is 15.8. The van der Waals surface area contributed by atoms with Crippen molar-refractivity contribution in [2.24, 2.45) is 22.6 Å². The zero-order chi connectivity index (χ0) is 15.5. The number of allylic oxidation sites excluding steroid dienone is 7. The first kappa shape index (κ1) is 18.2. The van der Waals surface area contributed by atoms with Gasteiger partial charge in [0, 0.05) is 5.70 Å². The fourth-order valence-corrected chi connectivity index (χ4v) is 1.71. The van der Waals surface area contributed by atoms with Crippen molar-refractivity contribution in [3.05, 3.63) is 60.9 Å². The molecule has 0 rings (SSSR count). The summed E-state index contributed by atoms with van der Waals surface area (Å²) in [6, 6.07) is 0. The molecule has 20 heavy (non-hydrogen) atoms. The summed E-state index contributed by atoms with van der Waals surface area (Å²) in [5, 5.41) is 0. The molecule has 0 aliphatic carbocycles. The molecule has 0 amide bonds. The number of rotatable bonds is 8. The summed E-state index contributed by atoms with van der Waals surface area (Å²) in [5.41, 5.74) is 7.97. The molecule has 0 fully saturated rings. The molecule has 2 atom stereocenters. The Morgan fingerprint density at radius 2 is 1.90 bits per heavy atom. The van der Waals surface area contributed by atoms with E-state index in [2.05, 4.69) is 38.1 Å². The number of nitrogens with zero attached hydrogens (tertiary/aromatic N) is 1. The summed E-state index contributed by atoms with van der Waals surface area (Å²) in [6.07, 6.45) is 12.5. The van der Waals surface area contributed by atoms with Gasteiger partial charge >= 0.3 is 0 Å². The molecule has 0 aliphatic heterocycles. The fourth-order valence-electron chi connectivity index (χ4n) is 1.71. The minimum atomic E-state index is 0.502. The molecule has 0 bridgehead atoms. The van der Waals surface area contributed by atoms with Crippen LogP contribution in [0.4, 0.5) is 0 Å². The third kappa shape index (κ3) is 7.57. The molecular formula is C18H28N2. The van der Waals surface area contributed by atoms with Gasteiger partial charge in [-0.25, -0.2) is 4.99 Å². The van der Waals surface area contributed by atoms with Gasteiger partial charge in [0.05, 0.1) is 0 Å². The van der Waals surface area contributed by atoms with Crippen molar-refractivity contribution in [3.63, 3.8) is 0 Å². The lowest BCUT2D eigenvalue weighted by atomic mass is 9.89. The van der Waals surface area contributed by atoms with Crippen LogP contribution in [-0.2, 0) is 0 Å². The molecule has 2 unspecified atom stereocenters. The van der Waals surface area contributed by atoms with Gasteiger partial charge in [-0.05, 0) is 44.3 Å². The second-order valence-corrected chi connectivity index (χ2v) is 5.05. The monoisotopic (exact) mass is 272 g/mol. The van der Waals surface area contributed by atoms with Crippen molar-refractivity contribution in [2.75, 3.05) is 0 Å². The maximum atomic E-state index is 5.87. The number of nitrogens with two attached hydrogens (primary N) is 1. The normalized spacial score (nSPS) is 17.1.